The summed E-state index contributed by atoms with van der Waals surface area (Å²) in [6, 6.07) is 15.2. The predicted molar refractivity (Wildman–Crippen MR) is 111 cm³/mol. The molecule has 0 saturated carbocycles. The lowest BCUT2D eigenvalue weighted by Crippen LogP contribution is -2.21. The quantitative estimate of drug-likeness (QED) is 0.567. The third-order valence-corrected chi connectivity index (χ3v) is 4.83. The Bertz CT molecular complexity index is 896. The Kier molecular flexibility index (Phi) is 6.68. The molecule has 0 aliphatic rings. The lowest BCUT2D eigenvalue weighted by molar-refractivity contribution is -0.114. The Labute approximate surface area is 167 Å². The molecule has 2 N–H and O–H groups in total. The van der Waals surface area contributed by atoms with E-state index in [4.69, 9.17) is 16.3 Å². The third-order valence-electron chi connectivity index (χ3n) is 3.69. The minimum absolute atomic E-state index is 0.146. The fourth-order valence-corrected chi connectivity index (χ4v) is 3.55. The molecule has 0 aliphatic carbocycles. The first-order chi connectivity index (χ1) is 13.1. The number of hydrogen-bond donors (Lipinski definition) is 2. The summed E-state index contributed by atoms with van der Waals surface area (Å²) in [6.07, 6.45) is 2.51. The zero-order valence-corrected chi connectivity index (χ0v) is 16.4. The topological polar surface area (TPSA) is 63.2 Å². The summed E-state index contributed by atoms with van der Waals surface area (Å²) < 4.78 is 5.40. The van der Waals surface area contributed by atoms with Gasteiger partial charge in [0, 0.05) is 28.2 Å². The van der Waals surface area contributed by atoms with Crippen LogP contribution in [0.3, 0.4) is 0 Å². The number of nitrogens with one attached hydrogen (secondary N) is 2. The lowest BCUT2D eigenvalue weighted by Gasteiger charge is -2.07. The number of anilines is 2. The molecular weight excluding hydrogens is 382 g/mol. The van der Waals surface area contributed by atoms with E-state index in [1.54, 1.807) is 6.20 Å². The van der Waals surface area contributed by atoms with Gasteiger partial charge in [0.05, 0.1) is 13.2 Å². The van der Waals surface area contributed by atoms with Gasteiger partial charge in [-0.15, -0.1) is 11.3 Å². The van der Waals surface area contributed by atoms with Gasteiger partial charge in [0.25, 0.3) is 0 Å². The number of halogens is 1. The van der Waals surface area contributed by atoms with Crippen LogP contribution in [-0.4, -0.2) is 24.0 Å². The maximum Gasteiger partial charge on any atom is 0.245 e. The second-order valence-corrected chi connectivity index (χ2v) is 7.35. The second kappa shape index (κ2) is 9.39. The monoisotopic (exact) mass is 401 g/mol. The predicted octanol–water partition coefficient (Wildman–Crippen LogP) is 4.84. The molecule has 0 aliphatic heterocycles. The molecule has 27 heavy (non-hydrogen) atoms. The SMILES string of the molecule is CCOc1ccc(NCC(=O)Nc2ncc(Cc3cccc(Cl)c3)s2)cc1. The fourth-order valence-electron chi connectivity index (χ4n) is 2.48. The maximum absolute atomic E-state index is 12.1. The Morgan fingerprint density at radius 3 is 2.78 bits per heavy atom. The molecule has 0 unspecified atom stereocenters. The van der Waals surface area contributed by atoms with Crippen molar-refractivity contribution in [2.75, 3.05) is 23.8 Å². The first-order valence-corrected chi connectivity index (χ1v) is 9.77. The summed E-state index contributed by atoms with van der Waals surface area (Å²) >= 11 is 7.47. The average molecular weight is 402 g/mol. The molecule has 1 heterocycles. The lowest BCUT2D eigenvalue weighted by atomic mass is 10.1. The number of amides is 1. The second-order valence-electron chi connectivity index (χ2n) is 5.80. The van der Waals surface area contributed by atoms with Gasteiger partial charge in [-0.2, -0.15) is 0 Å². The van der Waals surface area contributed by atoms with Crippen molar-refractivity contribution in [1.29, 1.82) is 0 Å². The van der Waals surface area contributed by atoms with Crippen LogP contribution >= 0.6 is 22.9 Å². The van der Waals surface area contributed by atoms with Gasteiger partial charge in [-0.25, -0.2) is 4.98 Å². The van der Waals surface area contributed by atoms with Crippen molar-refractivity contribution in [3.05, 3.63) is 70.2 Å². The van der Waals surface area contributed by atoms with Crippen LogP contribution in [-0.2, 0) is 11.2 Å². The van der Waals surface area contributed by atoms with Crippen LogP contribution in [0.25, 0.3) is 0 Å². The van der Waals surface area contributed by atoms with Crippen molar-refractivity contribution in [1.82, 2.24) is 4.98 Å². The normalized spacial score (nSPS) is 10.4. The molecule has 3 rings (SSSR count). The molecule has 140 valence electrons. The zero-order chi connectivity index (χ0) is 19.1. The van der Waals surface area contributed by atoms with E-state index in [1.165, 1.54) is 11.3 Å². The van der Waals surface area contributed by atoms with Crippen LogP contribution in [0.4, 0.5) is 10.8 Å². The van der Waals surface area contributed by atoms with Crippen LogP contribution in [0, 0.1) is 0 Å². The molecule has 0 bridgehead atoms. The molecular formula is C20H20ClN3O2S. The van der Waals surface area contributed by atoms with E-state index in [2.05, 4.69) is 15.6 Å². The average Bonchev–Trinajstić information content (AvgIpc) is 3.08. The summed E-state index contributed by atoms with van der Waals surface area (Å²) in [6.45, 7) is 2.73. The molecule has 0 fully saturated rings. The highest BCUT2D eigenvalue weighted by Crippen LogP contribution is 2.22. The van der Waals surface area contributed by atoms with Crippen LogP contribution < -0.4 is 15.4 Å². The molecule has 5 nitrogen and oxygen atoms in total. The fraction of sp³-hybridized carbons (Fsp3) is 0.200. The Hall–Kier alpha value is -2.57. The number of rotatable bonds is 8. The highest BCUT2D eigenvalue weighted by molar-refractivity contribution is 7.15. The smallest absolute Gasteiger partial charge is 0.245 e. The number of thiazole rings is 1. The van der Waals surface area contributed by atoms with E-state index in [1.807, 2.05) is 55.5 Å². The van der Waals surface area contributed by atoms with E-state index in [0.29, 0.717) is 16.8 Å². The van der Waals surface area contributed by atoms with Crippen molar-refractivity contribution in [2.45, 2.75) is 13.3 Å². The standard InChI is InChI=1S/C20H20ClN3O2S/c1-2-26-17-8-6-16(7-9-17)22-13-19(25)24-20-23-12-18(27-20)11-14-4-3-5-15(21)10-14/h3-10,12,22H,2,11,13H2,1H3,(H,23,24,25). The van der Waals surface area contributed by atoms with E-state index < -0.39 is 0 Å². The summed E-state index contributed by atoms with van der Waals surface area (Å²) in [5.74, 6) is 0.662. The largest absolute Gasteiger partial charge is 0.494 e. The van der Waals surface area contributed by atoms with E-state index in [-0.39, 0.29) is 12.5 Å². The number of nitrogens with zero attached hydrogens (tertiary/aromatic N) is 1. The first-order valence-electron chi connectivity index (χ1n) is 8.58. The van der Waals surface area contributed by atoms with Gasteiger partial charge in [-0.1, -0.05) is 23.7 Å². The first kappa shape index (κ1) is 19.2. The van der Waals surface area contributed by atoms with Gasteiger partial charge in [0.1, 0.15) is 5.75 Å². The van der Waals surface area contributed by atoms with Gasteiger partial charge in [0.15, 0.2) is 5.13 Å². The van der Waals surface area contributed by atoms with Gasteiger partial charge in [-0.3, -0.25) is 4.79 Å². The number of aromatic nitrogens is 1. The molecule has 0 atom stereocenters. The Morgan fingerprint density at radius 1 is 1.22 bits per heavy atom. The Morgan fingerprint density at radius 2 is 2.04 bits per heavy atom. The zero-order valence-electron chi connectivity index (χ0n) is 14.9. The molecule has 7 heteroatoms. The van der Waals surface area contributed by atoms with Crippen molar-refractivity contribution in [3.63, 3.8) is 0 Å². The van der Waals surface area contributed by atoms with Crippen molar-refractivity contribution in [3.8, 4) is 5.75 Å². The molecule has 0 saturated heterocycles. The summed E-state index contributed by atoms with van der Waals surface area (Å²) in [5.41, 5.74) is 1.97. The molecule has 0 radical (unpaired) electrons. The summed E-state index contributed by atoms with van der Waals surface area (Å²) in [7, 11) is 0. The van der Waals surface area contributed by atoms with Crippen LogP contribution in [0.2, 0.25) is 5.02 Å². The molecule has 2 aromatic carbocycles. The maximum atomic E-state index is 12.1. The van der Waals surface area contributed by atoms with Crippen LogP contribution in [0.5, 0.6) is 5.75 Å². The van der Waals surface area contributed by atoms with Crippen LogP contribution in [0.15, 0.2) is 54.7 Å². The summed E-state index contributed by atoms with van der Waals surface area (Å²) in [5, 5.41) is 7.20. The van der Waals surface area contributed by atoms with E-state index in [9.17, 15) is 4.79 Å². The molecule has 1 amide bonds. The number of hydrogen-bond acceptors (Lipinski definition) is 5. The highest BCUT2D eigenvalue weighted by Gasteiger charge is 2.08. The van der Waals surface area contributed by atoms with E-state index in [0.717, 1.165) is 28.3 Å². The molecule has 0 spiro atoms. The molecule has 1 aromatic heterocycles. The molecule has 3 aromatic rings. The third kappa shape index (κ3) is 5.98. The number of ether oxygens (including phenoxy) is 1. The number of carbonyl (C=O) groups is 1. The number of benzene rings is 2. The van der Waals surface area contributed by atoms with Gasteiger partial charge in [-0.05, 0) is 48.9 Å². The summed E-state index contributed by atoms with van der Waals surface area (Å²) in [4.78, 5) is 17.5. The Balaban J connectivity index is 1.48. The van der Waals surface area contributed by atoms with Gasteiger partial charge < -0.3 is 15.4 Å². The van der Waals surface area contributed by atoms with Crippen LogP contribution in [0.1, 0.15) is 17.4 Å². The van der Waals surface area contributed by atoms with Gasteiger partial charge >= 0.3 is 0 Å². The number of carbonyl (C=O) groups excluding carboxylic acids is 1. The highest BCUT2D eigenvalue weighted by atomic mass is 35.5. The van der Waals surface area contributed by atoms with Crippen molar-refractivity contribution >= 4 is 39.7 Å². The van der Waals surface area contributed by atoms with Crippen molar-refractivity contribution in [2.24, 2.45) is 0 Å². The minimum atomic E-state index is -0.146. The van der Waals surface area contributed by atoms with Gasteiger partial charge in [0.2, 0.25) is 5.91 Å². The van der Waals surface area contributed by atoms with Crippen molar-refractivity contribution < 1.29 is 9.53 Å². The van der Waals surface area contributed by atoms with E-state index >= 15 is 0 Å². The minimum Gasteiger partial charge on any atom is -0.494 e.